The fourth-order valence-corrected chi connectivity index (χ4v) is 1.32. The summed E-state index contributed by atoms with van der Waals surface area (Å²) >= 11 is 5.75. The average molecular weight is 257 g/mol. The Balaban J connectivity index is 2.88. The molecule has 92 valence electrons. The van der Waals surface area contributed by atoms with Crippen LogP contribution in [0.2, 0.25) is 5.15 Å². The Bertz CT molecular complexity index is 450. The first-order valence-corrected chi connectivity index (χ1v) is 5.27. The number of carbonyl (C=O) groups is 2. The number of amides is 2. The number of pyridine rings is 1. The molecule has 0 saturated heterocycles. The maximum Gasteiger partial charge on any atom is 0.252 e. The van der Waals surface area contributed by atoms with E-state index in [-0.39, 0.29) is 5.15 Å². The number of hydrogen-bond donors (Lipinski definition) is 3. The minimum absolute atomic E-state index is 0.189. The number of nitrogens with one attached hydrogen (secondary N) is 2. The van der Waals surface area contributed by atoms with E-state index in [0.717, 1.165) is 0 Å². The van der Waals surface area contributed by atoms with Crippen molar-refractivity contribution in [1.29, 1.82) is 0 Å². The lowest BCUT2D eigenvalue weighted by Gasteiger charge is -2.10. The number of nitrogens with two attached hydrogens (primary N) is 1. The summed E-state index contributed by atoms with van der Waals surface area (Å²) in [5, 5.41) is 5.41. The Morgan fingerprint density at radius 2 is 2.12 bits per heavy atom. The maximum absolute atomic E-state index is 11.7. The van der Waals surface area contributed by atoms with Gasteiger partial charge in [-0.25, -0.2) is 4.98 Å². The average Bonchev–Trinajstić information content (AvgIpc) is 2.27. The van der Waals surface area contributed by atoms with Crippen molar-refractivity contribution in [3.05, 3.63) is 22.8 Å². The fraction of sp³-hybridized carbons (Fsp3) is 0.300. The van der Waals surface area contributed by atoms with Gasteiger partial charge in [0.05, 0.1) is 0 Å². The van der Waals surface area contributed by atoms with Crippen molar-refractivity contribution in [1.82, 2.24) is 10.3 Å². The van der Waals surface area contributed by atoms with Gasteiger partial charge in [0, 0.05) is 12.6 Å². The summed E-state index contributed by atoms with van der Waals surface area (Å²) in [6, 6.07) is 2.19. The summed E-state index contributed by atoms with van der Waals surface area (Å²) in [5.74, 6) is -0.571. The van der Waals surface area contributed by atoms with Crippen molar-refractivity contribution in [2.45, 2.75) is 13.0 Å². The topological polar surface area (TPSA) is 97.1 Å². The first kappa shape index (κ1) is 13.2. The van der Waals surface area contributed by atoms with Crippen molar-refractivity contribution in [2.24, 2.45) is 5.73 Å². The molecule has 1 heterocycles. The summed E-state index contributed by atoms with van der Waals surface area (Å²) in [7, 11) is 1.66. The highest BCUT2D eigenvalue weighted by atomic mass is 35.5. The highest BCUT2D eigenvalue weighted by Gasteiger charge is 2.14. The van der Waals surface area contributed by atoms with Gasteiger partial charge < -0.3 is 16.4 Å². The van der Waals surface area contributed by atoms with Crippen LogP contribution in [0.1, 0.15) is 17.3 Å². The van der Waals surface area contributed by atoms with Crippen LogP contribution >= 0.6 is 11.6 Å². The number of anilines is 1. The summed E-state index contributed by atoms with van der Waals surface area (Å²) in [6.45, 7) is 1.50. The third-order valence-corrected chi connectivity index (χ3v) is 2.28. The fourth-order valence-electron chi connectivity index (χ4n) is 1.11. The minimum atomic E-state index is -0.743. The number of rotatable bonds is 4. The number of aromatic nitrogens is 1. The van der Waals surface area contributed by atoms with Crippen LogP contribution in [-0.4, -0.2) is 29.9 Å². The van der Waals surface area contributed by atoms with E-state index >= 15 is 0 Å². The van der Waals surface area contributed by atoms with Gasteiger partial charge in [0.25, 0.3) is 5.91 Å². The molecule has 0 saturated carbocycles. The molecule has 17 heavy (non-hydrogen) atoms. The smallest absolute Gasteiger partial charge is 0.252 e. The van der Waals surface area contributed by atoms with Gasteiger partial charge in [-0.15, -0.1) is 0 Å². The largest absolute Gasteiger partial charge is 0.373 e. The van der Waals surface area contributed by atoms with Gasteiger partial charge in [-0.2, -0.15) is 0 Å². The van der Waals surface area contributed by atoms with E-state index in [1.165, 1.54) is 19.1 Å². The van der Waals surface area contributed by atoms with E-state index in [4.69, 9.17) is 17.3 Å². The molecule has 1 unspecified atom stereocenters. The van der Waals surface area contributed by atoms with Gasteiger partial charge in [-0.1, -0.05) is 11.6 Å². The number of hydrogen-bond acceptors (Lipinski definition) is 4. The summed E-state index contributed by atoms with van der Waals surface area (Å²) in [5.41, 5.74) is 5.35. The SMILES string of the molecule is CNc1cc(C(=O)NC(C)C(N)=O)cc(Cl)n1. The zero-order chi connectivity index (χ0) is 13.0. The molecule has 0 radical (unpaired) electrons. The zero-order valence-corrected chi connectivity index (χ0v) is 10.2. The van der Waals surface area contributed by atoms with E-state index in [0.29, 0.717) is 11.4 Å². The van der Waals surface area contributed by atoms with Crippen molar-refractivity contribution in [3.8, 4) is 0 Å². The van der Waals surface area contributed by atoms with Crippen LogP contribution in [0, 0.1) is 0 Å². The summed E-state index contributed by atoms with van der Waals surface area (Å²) in [6.07, 6.45) is 0. The van der Waals surface area contributed by atoms with E-state index in [1.54, 1.807) is 7.05 Å². The second kappa shape index (κ2) is 5.49. The predicted molar refractivity (Wildman–Crippen MR) is 64.9 cm³/mol. The number of halogens is 1. The van der Waals surface area contributed by atoms with E-state index in [1.807, 2.05) is 0 Å². The van der Waals surface area contributed by atoms with Gasteiger partial charge in [0.1, 0.15) is 17.0 Å². The van der Waals surface area contributed by atoms with Crippen LogP contribution in [0.4, 0.5) is 5.82 Å². The van der Waals surface area contributed by atoms with Gasteiger partial charge in [-0.3, -0.25) is 9.59 Å². The highest BCUT2D eigenvalue weighted by Crippen LogP contribution is 2.14. The molecular weight excluding hydrogens is 244 g/mol. The maximum atomic E-state index is 11.7. The quantitative estimate of drug-likeness (QED) is 0.679. The molecule has 0 spiro atoms. The van der Waals surface area contributed by atoms with Crippen LogP contribution in [-0.2, 0) is 4.79 Å². The van der Waals surface area contributed by atoms with Crippen LogP contribution in [0.15, 0.2) is 12.1 Å². The Labute approximate surface area is 104 Å². The Morgan fingerprint density at radius 3 is 2.65 bits per heavy atom. The first-order chi connectivity index (χ1) is 7.93. The van der Waals surface area contributed by atoms with Crippen LogP contribution in [0.25, 0.3) is 0 Å². The molecule has 0 aromatic carbocycles. The molecule has 1 aromatic rings. The predicted octanol–water partition coefficient (Wildman–Crippen LogP) is 0.380. The molecule has 7 heteroatoms. The molecule has 0 bridgehead atoms. The summed E-state index contributed by atoms with van der Waals surface area (Å²) in [4.78, 5) is 26.5. The standard InChI is InChI=1S/C10H13ClN4O2/c1-5(9(12)16)14-10(17)6-3-7(11)15-8(4-6)13-2/h3-5H,1-2H3,(H2,12,16)(H,13,15)(H,14,17). The third kappa shape index (κ3) is 3.60. The lowest BCUT2D eigenvalue weighted by Crippen LogP contribution is -2.42. The van der Waals surface area contributed by atoms with Gasteiger partial charge in [-0.05, 0) is 19.1 Å². The molecule has 6 nitrogen and oxygen atoms in total. The van der Waals surface area contributed by atoms with Crippen molar-refractivity contribution < 1.29 is 9.59 Å². The van der Waals surface area contributed by atoms with E-state index in [2.05, 4.69) is 15.6 Å². The third-order valence-electron chi connectivity index (χ3n) is 2.09. The van der Waals surface area contributed by atoms with Crippen LogP contribution in [0.5, 0.6) is 0 Å². The Hall–Kier alpha value is -1.82. The van der Waals surface area contributed by atoms with Crippen LogP contribution < -0.4 is 16.4 Å². The molecule has 1 rings (SSSR count). The molecule has 1 aromatic heterocycles. The lowest BCUT2D eigenvalue weighted by atomic mass is 10.2. The number of carbonyl (C=O) groups excluding carboxylic acids is 2. The second-order valence-electron chi connectivity index (χ2n) is 3.41. The van der Waals surface area contributed by atoms with E-state index < -0.39 is 17.9 Å². The Kier molecular flexibility index (Phi) is 4.28. The molecule has 0 fully saturated rings. The van der Waals surface area contributed by atoms with Gasteiger partial charge >= 0.3 is 0 Å². The van der Waals surface area contributed by atoms with E-state index in [9.17, 15) is 9.59 Å². The van der Waals surface area contributed by atoms with Crippen molar-refractivity contribution in [2.75, 3.05) is 12.4 Å². The molecule has 4 N–H and O–H groups in total. The van der Waals surface area contributed by atoms with Gasteiger partial charge in [0.2, 0.25) is 5.91 Å². The normalized spacial score (nSPS) is 11.7. The molecule has 0 aliphatic carbocycles. The highest BCUT2D eigenvalue weighted by molar-refractivity contribution is 6.29. The zero-order valence-electron chi connectivity index (χ0n) is 9.45. The minimum Gasteiger partial charge on any atom is -0.373 e. The van der Waals surface area contributed by atoms with Crippen molar-refractivity contribution in [3.63, 3.8) is 0 Å². The monoisotopic (exact) mass is 256 g/mol. The van der Waals surface area contributed by atoms with Gasteiger partial charge in [0.15, 0.2) is 0 Å². The number of nitrogens with zero attached hydrogens (tertiary/aromatic N) is 1. The van der Waals surface area contributed by atoms with Crippen LogP contribution in [0.3, 0.4) is 0 Å². The number of primary amides is 1. The molecule has 0 aliphatic heterocycles. The molecule has 2 amide bonds. The molecule has 1 atom stereocenters. The summed E-state index contributed by atoms with van der Waals surface area (Å²) < 4.78 is 0. The van der Waals surface area contributed by atoms with Crippen molar-refractivity contribution >= 4 is 29.2 Å². The molecule has 0 aliphatic rings. The molecular formula is C10H13ClN4O2. The Morgan fingerprint density at radius 1 is 1.47 bits per heavy atom. The lowest BCUT2D eigenvalue weighted by molar-refractivity contribution is -0.119. The first-order valence-electron chi connectivity index (χ1n) is 4.89. The second-order valence-corrected chi connectivity index (χ2v) is 3.80.